The van der Waals surface area contributed by atoms with Gasteiger partial charge in [0.1, 0.15) is 12.1 Å². The maximum Gasteiger partial charge on any atom is 0.224 e. The summed E-state index contributed by atoms with van der Waals surface area (Å²) in [6.45, 7) is -0.0891. The molecule has 5 heteroatoms. The van der Waals surface area contributed by atoms with Crippen LogP contribution in [-0.4, -0.2) is 29.5 Å². The minimum Gasteiger partial charge on any atom is -0.497 e. The van der Waals surface area contributed by atoms with Crippen molar-refractivity contribution >= 4 is 16.7 Å². The molecule has 0 radical (unpaired) electrons. The Labute approximate surface area is 127 Å². The highest BCUT2D eigenvalue weighted by Gasteiger charge is 2.10. The van der Waals surface area contributed by atoms with Crippen LogP contribution in [0.25, 0.3) is 10.9 Å². The van der Waals surface area contributed by atoms with E-state index < -0.39 is 0 Å². The fraction of sp³-hybridized carbons (Fsp3) is 0.118. The molecule has 0 aliphatic heterocycles. The summed E-state index contributed by atoms with van der Waals surface area (Å²) in [5.74, 6) is 0.904. The van der Waals surface area contributed by atoms with Crippen LogP contribution in [0.5, 0.6) is 11.6 Å². The third-order valence-electron chi connectivity index (χ3n) is 3.24. The minimum absolute atomic E-state index is 0.0891. The molecule has 110 valence electrons. The van der Waals surface area contributed by atoms with E-state index in [1.54, 1.807) is 31.4 Å². The summed E-state index contributed by atoms with van der Waals surface area (Å²) in [5, 5.41) is 0.781. The highest BCUT2D eigenvalue weighted by molar-refractivity contribution is 5.97. The molecule has 0 aliphatic rings. The zero-order valence-electron chi connectivity index (χ0n) is 12.0. The largest absolute Gasteiger partial charge is 0.497 e. The third kappa shape index (κ3) is 2.88. The van der Waals surface area contributed by atoms with Crippen molar-refractivity contribution in [3.8, 4) is 11.6 Å². The van der Waals surface area contributed by atoms with E-state index in [0.29, 0.717) is 17.2 Å². The quantitative estimate of drug-likeness (QED) is 0.677. The number of fused-ring (bicyclic) bond motifs is 1. The summed E-state index contributed by atoms with van der Waals surface area (Å²) < 4.78 is 10.7. The molecular formula is C17H14N2O3. The Kier molecular flexibility index (Phi) is 3.96. The number of carbonyl (C=O) groups is 1. The number of Topliss-reactive ketones (excluding diaryl/α,β-unsaturated/α-hetero) is 1. The van der Waals surface area contributed by atoms with Crippen molar-refractivity contribution < 1.29 is 14.3 Å². The number of aromatic nitrogens is 2. The van der Waals surface area contributed by atoms with Gasteiger partial charge in [0.25, 0.3) is 0 Å². The number of ketones is 1. The number of carbonyl (C=O) groups excluding carboxylic acids is 1. The molecule has 0 fully saturated rings. The van der Waals surface area contributed by atoms with Crippen LogP contribution in [-0.2, 0) is 0 Å². The lowest BCUT2D eigenvalue weighted by molar-refractivity contribution is 0.0919. The summed E-state index contributed by atoms with van der Waals surface area (Å²) >= 11 is 0. The van der Waals surface area contributed by atoms with Crippen LogP contribution in [0.1, 0.15) is 10.4 Å². The second-order valence-corrected chi connectivity index (χ2v) is 4.64. The van der Waals surface area contributed by atoms with E-state index >= 15 is 0 Å². The average Bonchev–Trinajstić information content (AvgIpc) is 2.59. The molecule has 0 aliphatic carbocycles. The fourth-order valence-electron chi connectivity index (χ4n) is 2.11. The molecule has 3 aromatic rings. The van der Waals surface area contributed by atoms with E-state index in [0.717, 1.165) is 10.9 Å². The molecule has 5 nitrogen and oxygen atoms in total. The first-order valence-corrected chi connectivity index (χ1v) is 6.78. The number of hydrogen-bond acceptors (Lipinski definition) is 5. The van der Waals surface area contributed by atoms with E-state index in [1.165, 1.54) is 6.33 Å². The molecule has 0 unspecified atom stereocenters. The molecular weight excluding hydrogens is 280 g/mol. The Hall–Kier alpha value is -2.95. The highest BCUT2D eigenvalue weighted by Crippen LogP contribution is 2.21. The topological polar surface area (TPSA) is 61.3 Å². The van der Waals surface area contributed by atoms with Gasteiger partial charge in [0.2, 0.25) is 5.88 Å². The van der Waals surface area contributed by atoms with Crippen LogP contribution in [0.3, 0.4) is 0 Å². The van der Waals surface area contributed by atoms with E-state index in [2.05, 4.69) is 9.97 Å². The van der Waals surface area contributed by atoms with Crippen LogP contribution >= 0.6 is 0 Å². The molecule has 0 atom stereocenters. The number of para-hydroxylation sites is 1. The van der Waals surface area contributed by atoms with Crippen LogP contribution in [0.4, 0.5) is 0 Å². The van der Waals surface area contributed by atoms with E-state index in [-0.39, 0.29) is 12.4 Å². The maximum atomic E-state index is 12.2. The van der Waals surface area contributed by atoms with Gasteiger partial charge < -0.3 is 9.47 Å². The SMILES string of the molecule is COc1cccc(C(=O)COc2ncnc3ccccc23)c1. The number of methoxy groups -OCH3 is 1. The molecule has 0 saturated heterocycles. The summed E-state index contributed by atoms with van der Waals surface area (Å²) in [5.41, 5.74) is 1.32. The summed E-state index contributed by atoms with van der Waals surface area (Å²) in [6, 6.07) is 14.5. The summed E-state index contributed by atoms with van der Waals surface area (Å²) in [4.78, 5) is 20.5. The first-order chi connectivity index (χ1) is 10.8. The third-order valence-corrected chi connectivity index (χ3v) is 3.24. The number of benzene rings is 2. The van der Waals surface area contributed by atoms with Gasteiger partial charge in [0.05, 0.1) is 18.0 Å². The average molecular weight is 294 g/mol. The Morgan fingerprint density at radius 2 is 1.95 bits per heavy atom. The van der Waals surface area contributed by atoms with Crippen LogP contribution in [0.15, 0.2) is 54.9 Å². The van der Waals surface area contributed by atoms with Crippen LogP contribution < -0.4 is 9.47 Å². The summed E-state index contributed by atoms with van der Waals surface area (Å²) in [6.07, 6.45) is 1.42. The Balaban J connectivity index is 1.77. The molecule has 0 bridgehead atoms. The Morgan fingerprint density at radius 3 is 2.82 bits per heavy atom. The van der Waals surface area contributed by atoms with Gasteiger partial charge >= 0.3 is 0 Å². The first kappa shape index (κ1) is 14.0. The molecule has 22 heavy (non-hydrogen) atoms. The number of hydrogen-bond donors (Lipinski definition) is 0. The monoisotopic (exact) mass is 294 g/mol. The number of ether oxygens (including phenoxy) is 2. The lowest BCUT2D eigenvalue weighted by atomic mass is 10.1. The van der Waals surface area contributed by atoms with Crippen molar-refractivity contribution in [2.24, 2.45) is 0 Å². The molecule has 0 N–H and O–H groups in total. The van der Waals surface area contributed by atoms with Crippen molar-refractivity contribution in [2.45, 2.75) is 0 Å². The normalized spacial score (nSPS) is 10.4. The second kappa shape index (κ2) is 6.22. The Morgan fingerprint density at radius 1 is 1.09 bits per heavy atom. The van der Waals surface area contributed by atoms with Gasteiger partial charge in [-0.2, -0.15) is 0 Å². The van der Waals surface area contributed by atoms with Crippen LogP contribution in [0.2, 0.25) is 0 Å². The lowest BCUT2D eigenvalue weighted by Gasteiger charge is -2.07. The summed E-state index contributed by atoms with van der Waals surface area (Å²) in [7, 11) is 1.56. The van der Waals surface area contributed by atoms with Gasteiger partial charge in [0.15, 0.2) is 12.4 Å². The predicted octanol–water partition coefficient (Wildman–Crippen LogP) is 2.90. The van der Waals surface area contributed by atoms with E-state index in [4.69, 9.17) is 9.47 Å². The number of rotatable bonds is 5. The second-order valence-electron chi connectivity index (χ2n) is 4.64. The van der Waals surface area contributed by atoms with Crippen molar-refractivity contribution in [3.05, 3.63) is 60.4 Å². The van der Waals surface area contributed by atoms with Crippen molar-refractivity contribution in [1.82, 2.24) is 9.97 Å². The minimum atomic E-state index is -0.137. The zero-order valence-corrected chi connectivity index (χ0v) is 12.0. The Bertz CT molecular complexity index is 812. The van der Waals surface area contributed by atoms with Crippen LogP contribution in [0, 0.1) is 0 Å². The van der Waals surface area contributed by atoms with Crippen molar-refractivity contribution in [1.29, 1.82) is 0 Å². The molecule has 2 aromatic carbocycles. The van der Waals surface area contributed by atoms with Gasteiger partial charge in [-0.3, -0.25) is 4.79 Å². The van der Waals surface area contributed by atoms with Crippen molar-refractivity contribution in [2.75, 3.05) is 13.7 Å². The zero-order chi connectivity index (χ0) is 15.4. The standard InChI is InChI=1S/C17H14N2O3/c1-21-13-6-4-5-12(9-13)16(20)10-22-17-14-7-2-3-8-15(14)18-11-19-17/h2-9,11H,10H2,1H3. The number of nitrogens with zero attached hydrogens (tertiary/aromatic N) is 2. The molecule has 1 aromatic heterocycles. The molecule has 0 saturated carbocycles. The fourth-order valence-corrected chi connectivity index (χ4v) is 2.11. The predicted molar refractivity (Wildman–Crippen MR) is 82.4 cm³/mol. The van der Waals surface area contributed by atoms with Gasteiger partial charge in [0, 0.05) is 5.56 Å². The lowest BCUT2D eigenvalue weighted by Crippen LogP contribution is -2.12. The van der Waals surface area contributed by atoms with Gasteiger partial charge in [-0.25, -0.2) is 9.97 Å². The molecule has 3 rings (SSSR count). The molecule has 1 heterocycles. The van der Waals surface area contributed by atoms with E-state index in [1.807, 2.05) is 24.3 Å². The van der Waals surface area contributed by atoms with Gasteiger partial charge in [-0.1, -0.05) is 24.3 Å². The first-order valence-electron chi connectivity index (χ1n) is 6.78. The smallest absolute Gasteiger partial charge is 0.224 e. The van der Waals surface area contributed by atoms with Gasteiger partial charge in [-0.15, -0.1) is 0 Å². The van der Waals surface area contributed by atoms with Gasteiger partial charge in [-0.05, 0) is 24.3 Å². The maximum absolute atomic E-state index is 12.2. The molecule has 0 spiro atoms. The molecule has 0 amide bonds. The highest BCUT2D eigenvalue weighted by atomic mass is 16.5. The van der Waals surface area contributed by atoms with Crippen molar-refractivity contribution in [3.63, 3.8) is 0 Å². The van der Waals surface area contributed by atoms with E-state index in [9.17, 15) is 4.79 Å².